The molecule has 0 bridgehead atoms. The minimum atomic E-state index is 0.358. The number of unbranched alkanes of at least 4 members (excludes halogenated alkanes) is 1. The number of nitrogens with zero attached hydrogens (tertiary/aromatic N) is 1. The van der Waals surface area contributed by atoms with Crippen LogP contribution in [0.5, 0.6) is 0 Å². The smallest absolute Gasteiger partial charge is 0.0431 e. The SMILES string of the molecule is CC(CCCCO)CN1CCCCC1. The Labute approximate surface area is 88.3 Å². The number of likely N-dealkylation sites (tertiary alicyclic amines) is 1. The van der Waals surface area contributed by atoms with Gasteiger partial charge in [0, 0.05) is 13.2 Å². The fraction of sp³-hybridized carbons (Fsp3) is 1.00. The predicted molar refractivity (Wildman–Crippen MR) is 60.4 cm³/mol. The third-order valence-electron chi connectivity index (χ3n) is 3.12. The van der Waals surface area contributed by atoms with Crippen molar-refractivity contribution < 1.29 is 5.11 Å². The maximum Gasteiger partial charge on any atom is 0.0431 e. The van der Waals surface area contributed by atoms with E-state index in [0.717, 1.165) is 12.3 Å². The van der Waals surface area contributed by atoms with Crippen LogP contribution in [0.15, 0.2) is 0 Å². The van der Waals surface area contributed by atoms with E-state index in [-0.39, 0.29) is 0 Å². The van der Waals surface area contributed by atoms with E-state index in [1.165, 1.54) is 51.7 Å². The van der Waals surface area contributed by atoms with Gasteiger partial charge in [0.2, 0.25) is 0 Å². The molecule has 1 fully saturated rings. The average molecular weight is 199 g/mol. The maximum atomic E-state index is 8.69. The largest absolute Gasteiger partial charge is 0.396 e. The lowest BCUT2D eigenvalue weighted by Crippen LogP contribution is -2.33. The molecule has 2 heteroatoms. The van der Waals surface area contributed by atoms with Gasteiger partial charge < -0.3 is 10.0 Å². The maximum absolute atomic E-state index is 8.69. The molecule has 84 valence electrons. The molecule has 0 saturated carbocycles. The first-order chi connectivity index (χ1) is 6.83. The van der Waals surface area contributed by atoms with Crippen molar-refractivity contribution in [3.8, 4) is 0 Å². The zero-order valence-corrected chi connectivity index (χ0v) is 9.54. The van der Waals surface area contributed by atoms with E-state index in [2.05, 4.69) is 11.8 Å². The van der Waals surface area contributed by atoms with Crippen molar-refractivity contribution in [1.29, 1.82) is 0 Å². The van der Waals surface area contributed by atoms with Crippen LogP contribution in [0.2, 0.25) is 0 Å². The Balaban J connectivity index is 2.03. The van der Waals surface area contributed by atoms with E-state index in [1.807, 2.05) is 0 Å². The summed E-state index contributed by atoms with van der Waals surface area (Å²) in [5.74, 6) is 0.805. The van der Waals surface area contributed by atoms with Gasteiger partial charge in [-0.2, -0.15) is 0 Å². The Hall–Kier alpha value is -0.0800. The van der Waals surface area contributed by atoms with Gasteiger partial charge >= 0.3 is 0 Å². The van der Waals surface area contributed by atoms with Crippen molar-refractivity contribution in [3.63, 3.8) is 0 Å². The minimum absolute atomic E-state index is 0.358. The first-order valence-corrected chi connectivity index (χ1v) is 6.16. The number of aliphatic hydroxyl groups excluding tert-OH is 1. The van der Waals surface area contributed by atoms with Crippen LogP contribution >= 0.6 is 0 Å². The molecule has 0 amide bonds. The van der Waals surface area contributed by atoms with Crippen molar-refractivity contribution >= 4 is 0 Å². The summed E-state index contributed by atoms with van der Waals surface area (Å²) in [6, 6.07) is 0. The molecule has 0 aromatic carbocycles. The summed E-state index contributed by atoms with van der Waals surface area (Å²) >= 11 is 0. The van der Waals surface area contributed by atoms with E-state index in [1.54, 1.807) is 0 Å². The Morgan fingerprint density at radius 3 is 2.50 bits per heavy atom. The Bertz CT molecular complexity index is 132. The fourth-order valence-electron chi connectivity index (χ4n) is 2.28. The summed E-state index contributed by atoms with van der Waals surface area (Å²) in [5.41, 5.74) is 0. The lowest BCUT2D eigenvalue weighted by molar-refractivity contribution is 0.193. The van der Waals surface area contributed by atoms with E-state index in [9.17, 15) is 0 Å². The van der Waals surface area contributed by atoms with Crippen LogP contribution in [-0.4, -0.2) is 36.2 Å². The molecule has 0 aromatic heterocycles. The topological polar surface area (TPSA) is 23.5 Å². The van der Waals surface area contributed by atoms with Crippen molar-refractivity contribution in [2.75, 3.05) is 26.2 Å². The van der Waals surface area contributed by atoms with Crippen molar-refractivity contribution in [3.05, 3.63) is 0 Å². The highest BCUT2D eigenvalue weighted by Crippen LogP contribution is 2.14. The second-order valence-corrected chi connectivity index (χ2v) is 4.69. The molecular weight excluding hydrogens is 174 g/mol. The normalized spacial score (nSPS) is 21.0. The van der Waals surface area contributed by atoms with Gasteiger partial charge in [0.1, 0.15) is 0 Å². The molecule has 14 heavy (non-hydrogen) atoms. The molecule has 2 nitrogen and oxygen atoms in total. The van der Waals surface area contributed by atoms with Gasteiger partial charge in [-0.25, -0.2) is 0 Å². The molecule has 0 aromatic rings. The quantitative estimate of drug-likeness (QED) is 0.663. The van der Waals surface area contributed by atoms with Crippen LogP contribution < -0.4 is 0 Å². The van der Waals surface area contributed by atoms with Crippen LogP contribution in [0.4, 0.5) is 0 Å². The monoisotopic (exact) mass is 199 g/mol. The van der Waals surface area contributed by atoms with Gasteiger partial charge in [-0.05, 0) is 44.7 Å². The van der Waals surface area contributed by atoms with Crippen molar-refractivity contribution in [1.82, 2.24) is 4.90 Å². The highest BCUT2D eigenvalue weighted by atomic mass is 16.2. The summed E-state index contributed by atoms with van der Waals surface area (Å²) in [6.07, 6.45) is 7.65. The van der Waals surface area contributed by atoms with Gasteiger partial charge in [-0.3, -0.25) is 0 Å². The number of hydrogen-bond acceptors (Lipinski definition) is 2. The minimum Gasteiger partial charge on any atom is -0.396 e. The van der Waals surface area contributed by atoms with Crippen molar-refractivity contribution in [2.45, 2.75) is 45.4 Å². The lowest BCUT2D eigenvalue weighted by Gasteiger charge is -2.29. The van der Waals surface area contributed by atoms with E-state index >= 15 is 0 Å². The Morgan fingerprint density at radius 1 is 1.14 bits per heavy atom. The molecule has 1 heterocycles. The molecule has 0 spiro atoms. The predicted octanol–water partition coefficient (Wildman–Crippen LogP) is 2.27. The molecule has 0 radical (unpaired) electrons. The third-order valence-corrected chi connectivity index (χ3v) is 3.12. The molecule has 1 atom stereocenters. The van der Waals surface area contributed by atoms with Crippen LogP contribution in [-0.2, 0) is 0 Å². The average Bonchev–Trinajstić information content (AvgIpc) is 2.20. The molecule has 0 aliphatic carbocycles. The highest BCUT2D eigenvalue weighted by molar-refractivity contribution is 4.67. The second kappa shape index (κ2) is 7.24. The fourth-order valence-corrected chi connectivity index (χ4v) is 2.28. The van der Waals surface area contributed by atoms with Gasteiger partial charge in [-0.15, -0.1) is 0 Å². The summed E-state index contributed by atoms with van der Waals surface area (Å²) in [4.78, 5) is 2.60. The first kappa shape index (κ1) is 12.0. The third kappa shape index (κ3) is 4.97. The van der Waals surface area contributed by atoms with E-state index in [4.69, 9.17) is 5.11 Å². The van der Waals surface area contributed by atoms with Crippen LogP contribution in [0.3, 0.4) is 0 Å². The molecule has 1 unspecified atom stereocenters. The summed E-state index contributed by atoms with van der Waals surface area (Å²) in [7, 11) is 0. The molecule has 1 N–H and O–H groups in total. The van der Waals surface area contributed by atoms with Crippen LogP contribution in [0, 0.1) is 5.92 Å². The summed E-state index contributed by atoms with van der Waals surface area (Å²) < 4.78 is 0. The molecular formula is C12H25NO. The Morgan fingerprint density at radius 2 is 1.86 bits per heavy atom. The van der Waals surface area contributed by atoms with Crippen molar-refractivity contribution in [2.24, 2.45) is 5.92 Å². The number of hydrogen-bond donors (Lipinski definition) is 1. The number of rotatable bonds is 6. The summed E-state index contributed by atoms with van der Waals surface area (Å²) in [6.45, 7) is 6.59. The number of aliphatic hydroxyl groups is 1. The van der Waals surface area contributed by atoms with Gasteiger partial charge in [0.25, 0.3) is 0 Å². The van der Waals surface area contributed by atoms with Gasteiger partial charge in [0.15, 0.2) is 0 Å². The number of piperidine rings is 1. The first-order valence-electron chi connectivity index (χ1n) is 6.16. The molecule has 1 aliphatic heterocycles. The summed E-state index contributed by atoms with van der Waals surface area (Å²) in [5, 5.41) is 8.69. The van der Waals surface area contributed by atoms with E-state index in [0.29, 0.717) is 6.61 Å². The molecule has 1 saturated heterocycles. The highest BCUT2D eigenvalue weighted by Gasteiger charge is 2.12. The zero-order chi connectivity index (χ0) is 10.2. The van der Waals surface area contributed by atoms with Gasteiger partial charge in [-0.1, -0.05) is 19.8 Å². The standard InChI is InChI=1S/C12H25NO/c1-12(7-3-6-10-14)11-13-8-4-2-5-9-13/h12,14H,2-11H2,1H3. The Kier molecular flexibility index (Phi) is 6.20. The second-order valence-electron chi connectivity index (χ2n) is 4.69. The van der Waals surface area contributed by atoms with Crippen LogP contribution in [0.25, 0.3) is 0 Å². The van der Waals surface area contributed by atoms with Crippen LogP contribution in [0.1, 0.15) is 45.4 Å². The zero-order valence-electron chi connectivity index (χ0n) is 9.54. The molecule has 1 rings (SSSR count). The molecule has 1 aliphatic rings. The van der Waals surface area contributed by atoms with Gasteiger partial charge in [0.05, 0.1) is 0 Å². The lowest BCUT2D eigenvalue weighted by atomic mass is 10.0. The van der Waals surface area contributed by atoms with E-state index < -0.39 is 0 Å².